The summed E-state index contributed by atoms with van der Waals surface area (Å²) < 4.78 is 21.2. The van der Waals surface area contributed by atoms with E-state index in [1.807, 2.05) is 12.1 Å². The third kappa shape index (κ3) is 3.14. The molecule has 5 heteroatoms. The maximum Gasteiger partial charge on any atom is 0.194 e. The van der Waals surface area contributed by atoms with Crippen molar-refractivity contribution in [1.29, 1.82) is 0 Å². The highest BCUT2D eigenvalue weighted by atomic mass is 16.6. The van der Waals surface area contributed by atoms with Gasteiger partial charge in [0.1, 0.15) is 23.4 Å². The molecule has 0 N–H and O–H groups in total. The van der Waals surface area contributed by atoms with Crippen LogP contribution in [-0.4, -0.2) is 33.2 Å². The fourth-order valence-electron chi connectivity index (χ4n) is 2.48. The summed E-state index contributed by atoms with van der Waals surface area (Å²) in [6, 6.07) is 12.5. The Balaban J connectivity index is 1.76. The van der Waals surface area contributed by atoms with Crippen LogP contribution in [0.1, 0.15) is 22.0 Å². The molecule has 2 atom stereocenters. The molecule has 2 unspecified atom stereocenters. The number of rotatable bonds is 6. The average Bonchev–Trinajstić information content (AvgIpc) is 3.41. The number of epoxide rings is 1. The molecule has 1 saturated heterocycles. The number of methoxy groups -OCH3 is 3. The Hall–Kier alpha value is -2.53. The molecule has 2 aromatic rings. The summed E-state index contributed by atoms with van der Waals surface area (Å²) >= 11 is 0. The summed E-state index contributed by atoms with van der Waals surface area (Å²) in [6.45, 7) is 0. The molecule has 1 aliphatic rings. The van der Waals surface area contributed by atoms with Crippen molar-refractivity contribution in [2.45, 2.75) is 12.2 Å². The monoisotopic (exact) mass is 314 g/mol. The van der Waals surface area contributed by atoms with E-state index in [-0.39, 0.29) is 11.9 Å². The van der Waals surface area contributed by atoms with E-state index in [0.29, 0.717) is 22.8 Å². The fraction of sp³-hybridized carbons (Fsp3) is 0.278. The molecule has 2 aromatic carbocycles. The molecule has 0 bridgehead atoms. The topological polar surface area (TPSA) is 57.3 Å². The van der Waals surface area contributed by atoms with Gasteiger partial charge in [-0.2, -0.15) is 0 Å². The molecule has 23 heavy (non-hydrogen) atoms. The molecule has 0 radical (unpaired) electrons. The molecule has 0 aliphatic carbocycles. The Bertz CT molecular complexity index is 686. The van der Waals surface area contributed by atoms with Crippen LogP contribution in [0.15, 0.2) is 42.5 Å². The van der Waals surface area contributed by atoms with Crippen LogP contribution in [0.2, 0.25) is 0 Å². The molecule has 120 valence electrons. The predicted octanol–water partition coefficient (Wildman–Crippen LogP) is 3.04. The summed E-state index contributed by atoms with van der Waals surface area (Å²) in [5, 5.41) is 0. The van der Waals surface area contributed by atoms with Gasteiger partial charge in [-0.25, -0.2) is 0 Å². The number of hydrogen-bond acceptors (Lipinski definition) is 5. The molecule has 0 saturated carbocycles. The number of ether oxygens (including phenoxy) is 4. The van der Waals surface area contributed by atoms with E-state index in [0.717, 1.165) is 5.56 Å². The Morgan fingerprint density at radius 3 is 1.96 bits per heavy atom. The smallest absolute Gasteiger partial charge is 0.194 e. The van der Waals surface area contributed by atoms with Gasteiger partial charge in [0.05, 0.1) is 21.3 Å². The van der Waals surface area contributed by atoms with Gasteiger partial charge in [-0.05, 0) is 42.0 Å². The molecular formula is C18H18O5. The first-order valence-electron chi connectivity index (χ1n) is 7.23. The fourth-order valence-corrected chi connectivity index (χ4v) is 2.48. The van der Waals surface area contributed by atoms with Crippen molar-refractivity contribution < 1.29 is 23.7 Å². The molecule has 3 rings (SSSR count). The minimum Gasteiger partial charge on any atom is -0.497 e. The summed E-state index contributed by atoms with van der Waals surface area (Å²) in [4.78, 5) is 12.5. The van der Waals surface area contributed by atoms with Gasteiger partial charge in [0.25, 0.3) is 0 Å². The van der Waals surface area contributed by atoms with Crippen LogP contribution in [0.25, 0.3) is 0 Å². The van der Waals surface area contributed by atoms with Crippen LogP contribution in [-0.2, 0) is 4.74 Å². The van der Waals surface area contributed by atoms with E-state index in [1.54, 1.807) is 51.7 Å². The van der Waals surface area contributed by atoms with Gasteiger partial charge >= 0.3 is 0 Å². The van der Waals surface area contributed by atoms with E-state index in [1.165, 1.54) is 0 Å². The molecule has 1 aliphatic heterocycles. The summed E-state index contributed by atoms with van der Waals surface area (Å²) in [5.74, 6) is 2.02. The molecule has 0 spiro atoms. The lowest BCUT2D eigenvalue weighted by atomic mass is 10.0. The molecule has 0 aromatic heterocycles. The van der Waals surface area contributed by atoms with Gasteiger partial charge in [0.2, 0.25) is 0 Å². The first kappa shape index (κ1) is 15.4. The lowest BCUT2D eigenvalue weighted by molar-refractivity contribution is 0.0953. The Labute approximate surface area is 134 Å². The molecule has 1 fully saturated rings. The highest BCUT2D eigenvalue weighted by Crippen LogP contribution is 2.43. The van der Waals surface area contributed by atoms with Crippen molar-refractivity contribution in [3.8, 4) is 17.2 Å². The summed E-state index contributed by atoms with van der Waals surface area (Å²) in [7, 11) is 4.77. The number of benzene rings is 2. The molecule has 5 nitrogen and oxygen atoms in total. The number of carbonyl (C=O) groups is 1. The van der Waals surface area contributed by atoms with Crippen molar-refractivity contribution in [3.05, 3.63) is 53.6 Å². The zero-order valence-electron chi connectivity index (χ0n) is 13.2. The standard InChI is InChI=1S/C18H18O5/c1-20-13-6-4-11(5-7-13)16(19)18-17(23-18)12-8-14(21-2)10-15(9-12)22-3/h4-10,17-18H,1-3H3. The van der Waals surface area contributed by atoms with Crippen LogP contribution in [0.4, 0.5) is 0 Å². The number of carbonyl (C=O) groups excluding carboxylic acids is 1. The average molecular weight is 314 g/mol. The minimum atomic E-state index is -0.472. The Morgan fingerprint density at radius 2 is 1.43 bits per heavy atom. The van der Waals surface area contributed by atoms with Gasteiger partial charge in [-0.15, -0.1) is 0 Å². The van der Waals surface area contributed by atoms with Crippen molar-refractivity contribution in [2.75, 3.05) is 21.3 Å². The van der Waals surface area contributed by atoms with Crippen molar-refractivity contribution in [3.63, 3.8) is 0 Å². The predicted molar refractivity (Wildman–Crippen MR) is 84.5 cm³/mol. The molecule has 0 amide bonds. The second-order valence-electron chi connectivity index (χ2n) is 5.22. The van der Waals surface area contributed by atoms with Gasteiger partial charge < -0.3 is 18.9 Å². The van der Waals surface area contributed by atoms with Gasteiger partial charge in [0, 0.05) is 11.6 Å². The third-order valence-corrected chi connectivity index (χ3v) is 3.83. The zero-order valence-corrected chi connectivity index (χ0v) is 13.2. The van der Waals surface area contributed by atoms with Crippen LogP contribution in [0.3, 0.4) is 0 Å². The normalized spacial score (nSPS) is 19.1. The van der Waals surface area contributed by atoms with Crippen molar-refractivity contribution in [1.82, 2.24) is 0 Å². The third-order valence-electron chi connectivity index (χ3n) is 3.83. The number of hydrogen-bond donors (Lipinski definition) is 0. The first-order chi connectivity index (χ1) is 11.2. The van der Waals surface area contributed by atoms with E-state index in [2.05, 4.69) is 0 Å². The highest BCUT2D eigenvalue weighted by Gasteiger charge is 2.46. The van der Waals surface area contributed by atoms with Gasteiger partial charge in [-0.3, -0.25) is 4.79 Å². The van der Waals surface area contributed by atoms with E-state index < -0.39 is 6.10 Å². The van der Waals surface area contributed by atoms with E-state index in [4.69, 9.17) is 18.9 Å². The van der Waals surface area contributed by atoms with Crippen LogP contribution in [0, 0.1) is 0 Å². The Morgan fingerprint density at radius 1 is 0.870 bits per heavy atom. The summed E-state index contributed by atoms with van der Waals surface area (Å²) in [5.41, 5.74) is 1.47. The van der Waals surface area contributed by atoms with Crippen molar-refractivity contribution in [2.24, 2.45) is 0 Å². The summed E-state index contributed by atoms with van der Waals surface area (Å²) in [6.07, 6.45) is -0.742. The highest BCUT2D eigenvalue weighted by molar-refractivity contribution is 6.01. The maximum atomic E-state index is 12.5. The zero-order chi connectivity index (χ0) is 16.4. The molecular weight excluding hydrogens is 296 g/mol. The SMILES string of the molecule is COc1ccc(C(=O)C2OC2c2cc(OC)cc(OC)c2)cc1. The lowest BCUT2D eigenvalue weighted by Crippen LogP contribution is -2.08. The van der Waals surface area contributed by atoms with Crippen molar-refractivity contribution >= 4 is 5.78 Å². The van der Waals surface area contributed by atoms with Crippen LogP contribution in [0.5, 0.6) is 17.2 Å². The second kappa shape index (κ2) is 6.30. The first-order valence-corrected chi connectivity index (χ1v) is 7.23. The molecule has 1 heterocycles. The maximum absolute atomic E-state index is 12.5. The largest absolute Gasteiger partial charge is 0.497 e. The lowest BCUT2D eigenvalue weighted by Gasteiger charge is -2.06. The van der Waals surface area contributed by atoms with Crippen LogP contribution < -0.4 is 14.2 Å². The quantitative estimate of drug-likeness (QED) is 0.606. The number of Topliss-reactive ketones (excluding diaryl/α,β-unsaturated/α-hetero) is 1. The second-order valence-corrected chi connectivity index (χ2v) is 5.22. The van der Waals surface area contributed by atoms with E-state index >= 15 is 0 Å². The minimum absolute atomic E-state index is 0.0422. The van der Waals surface area contributed by atoms with Gasteiger partial charge in [-0.1, -0.05) is 0 Å². The van der Waals surface area contributed by atoms with E-state index in [9.17, 15) is 4.79 Å². The van der Waals surface area contributed by atoms with Crippen LogP contribution >= 0.6 is 0 Å². The Kier molecular flexibility index (Phi) is 4.21. The number of ketones is 1. The van der Waals surface area contributed by atoms with Gasteiger partial charge in [0.15, 0.2) is 11.9 Å².